The number of rotatable bonds is 5. The third-order valence-electron chi connectivity index (χ3n) is 3.44. The van der Waals surface area contributed by atoms with Crippen molar-refractivity contribution >= 4 is 27.3 Å². The predicted molar refractivity (Wildman–Crippen MR) is 83.7 cm³/mol. The largest absolute Gasteiger partial charge is 0.375 e. The summed E-state index contributed by atoms with van der Waals surface area (Å²) in [6.45, 7) is 3.02. The number of amides is 1. The van der Waals surface area contributed by atoms with Gasteiger partial charge < -0.3 is 15.4 Å². The van der Waals surface area contributed by atoms with Gasteiger partial charge in [-0.2, -0.15) is 0 Å². The lowest BCUT2D eigenvalue weighted by molar-refractivity contribution is -0.128. The highest BCUT2D eigenvalue weighted by atomic mass is 35.5. The standard InChI is InChI=1S/C14H19ClN2O4S/c1-10-13(16-6-8-21-10)14(18)17-7-9-22(19,20)12-4-2-11(15)3-5-12/h2-5,10,13,16H,6-9H2,1H3,(H,17,18)/t10-,13+/m1/s1. The SMILES string of the molecule is C[C@H]1OCCN[C@@H]1C(=O)NCCS(=O)(=O)c1ccc(Cl)cc1. The molecule has 0 aliphatic carbocycles. The van der Waals surface area contributed by atoms with Gasteiger partial charge in [0.15, 0.2) is 9.84 Å². The van der Waals surface area contributed by atoms with Crippen LogP contribution in [0.2, 0.25) is 5.02 Å². The van der Waals surface area contributed by atoms with Gasteiger partial charge in [0.2, 0.25) is 5.91 Å². The van der Waals surface area contributed by atoms with Gasteiger partial charge in [-0.25, -0.2) is 8.42 Å². The van der Waals surface area contributed by atoms with E-state index in [0.29, 0.717) is 18.2 Å². The van der Waals surface area contributed by atoms with E-state index < -0.39 is 15.9 Å². The molecule has 1 heterocycles. The molecule has 1 amide bonds. The van der Waals surface area contributed by atoms with Gasteiger partial charge >= 0.3 is 0 Å². The van der Waals surface area contributed by atoms with Crippen LogP contribution in [-0.4, -0.2) is 51.9 Å². The molecule has 6 nitrogen and oxygen atoms in total. The number of carbonyl (C=O) groups excluding carboxylic acids is 1. The van der Waals surface area contributed by atoms with Crippen LogP contribution in [-0.2, 0) is 19.4 Å². The number of sulfone groups is 1. The normalized spacial score (nSPS) is 22.3. The highest BCUT2D eigenvalue weighted by Crippen LogP contribution is 2.15. The van der Waals surface area contributed by atoms with Gasteiger partial charge in [-0.05, 0) is 31.2 Å². The van der Waals surface area contributed by atoms with Crippen LogP contribution in [0.3, 0.4) is 0 Å². The lowest BCUT2D eigenvalue weighted by atomic mass is 10.1. The van der Waals surface area contributed by atoms with Crippen molar-refractivity contribution in [2.24, 2.45) is 0 Å². The fraction of sp³-hybridized carbons (Fsp3) is 0.500. The van der Waals surface area contributed by atoms with Crippen LogP contribution >= 0.6 is 11.6 Å². The van der Waals surface area contributed by atoms with E-state index in [1.54, 1.807) is 6.92 Å². The van der Waals surface area contributed by atoms with Crippen molar-refractivity contribution in [1.82, 2.24) is 10.6 Å². The number of benzene rings is 1. The third-order valence-corrected chi connectivity index (χ3v) is 5.43. The maximum atomic E-state index is 12.1. The van der Waals surface area contributed by atoms with Gasteiger partial charge in [0, 0.05) is 18.1 Å². The molecule has 2 rings (SSSR count). The Hall–Kier alpha value is -1.15. The Morgan fingerprint density at radius 3 is 2.73 bits per heavy atom. The van der Waals surface area contributed by atoms with Crippen LogP contribution in [0.5, 0.6) is 0 Å². The van der Waals surface area contributed by atoms with Crippen LogP contribution in [0.1, 0.15) is 6.92 Å². The van der Waals surface area contributed by atoms with E-state index in [9.17, 15) is 13.2 Å². The minimum absolute atomic E-state index is 0.0503. The zero-order valence-electron chi connectivity index (χ0n) is 12.2. The highest BCUT2D eigenvalue weighted by Gasteiger charge is 2.28. The quantitative estimate of drug-likeness (QED) is 0.816. The smallest absolute Gasteiger partial charge is 0.239 e. The molecule has 1 aromatic rings. The van der Waals surface area contributed by atoms with E-state index in [-0.39, 0.29) is 29.2 Å². The Kier molecular flexibility index (Phi) is 5.80. The summed E-state index contributed by atoms with van der Waals surface area (Å²) in [6, 6.07) is 5.51. The minimum atomic E-state index is -3.44. The predicted octanol–water partition coefficient (Wildman–Crippen LogP) is 0.607. The summed E-state index contributed by atoms with van der Waals surface area (Å²) < 4.78 is 29.6. The Balaban J connectivity index is 1.87. The minimum Gasteiger partial charge on any atom is -0.375 e. The second kappa shape index (κ2) is 7.41. The number of hydrogen-bond donors (Lipinski definition) is 2. The third kappa shape index (κ3) is 4.42. The second-order valence-electron chi connectivity index (χ2n) is 5.07. The fourth-order valence-electron chi connectivity index (χ4n) is 2.21. The van der Waals surface area contributed by atoms with E-state index in [4.69, 9.17) is 16.3 Å². The number of nitrogens with one attached hydrogen (secondary N) is 2. The zero-order chi connectivity index (χ0) is 16.2. The molecule has 0 spiro atoms. The van der Waals surface area contributed by atoms with Gasteiger partial charge in [-0.3, -0.25) is 4.79 Å². The first-order chi connectivity index (χ1) is 10.4. The molecule has 22 heavy (non-hydrogen) atoms. The van der Waals surface area contributed by atoms with Crippen LogP contribution in [0.4, 0.5) is 0 Å². The van der Waals surface area contributed by atoms with Crippen molar-refractivity contribution < 1.29 is 17.9 Å². The topological polar surface area (TPSA) is 84.5 Å². The van der Waals surface area contributed by atoms with Crippen LogP contribution < -0.4 is 10.6 Å². The Bertz CT molecular complexity index is 618. The average molecular weight is 347 g/mol. The molecule has 1 saturated heterocycles. The van der Waals surface area contributed by atoms with Crippen molar-refractivity contribution in [1.29, 1.82) is 0 Å². The summed E-state index contributed by atoms with van der Waals surface area (Å²) in [6.07, 6.45) is -0.235. The van der Waals surface area contributed by atoms with Crippen LogP contribution in [0, 0.1) is 0 Å². The number of hydrogen-bond acceptors (Lipinski definition) is 5. The molecule has 1 fully saturated rings. The number of morpholine rings is 1. The maximum absolute atomic E-state index is 12.1. The summed E-state index contributed by atoms with van der Waals surface area (Å²) in [5.41, 5.74) is 0. The second-order valence-corrected chi connectivity index (χ2v) is 7.62. The first-order valence-corrected chi connectivity index (χ1v) is 9.04. The molecule has 0 radical (unpaired) electrons. The van der Waals surface area contributed by atoms with Gasteiger partial charge in [0.25, 0.3) is 0 Å². The van der Waals surface area contributed by atoms with Crippen LogP contribution in [0.25, 0.3) is 0 Å². The van der Waals surface area contributed by atoms with Crippen molar-refractivity contribution in [3.63, 3.8) is 0 Å². The lowest BCUT2D eigenvalue weighted by Crippen LogP contribution is -2.55. The summed E-state index contributed by atoms with van der Waals surface area (Å²) in [7, 11) is -3.44. The first-order valence-electron chi connectivity index (χ1n) is 7.01. The van der Waals surface area contributed by atoms with Gasteiger partial charge in [0.05, 0.1) is 23.4 Å². The summed E-state index contributed by atoms with van der Waals surface area (Å²) in [5, 5.41) is 6.16. The summed E-state index contributed by atoms with van der Waals surface area (Å²) in [4.78, 5) is 12.2. The molecule has 122 valence electrons. The van der Waals surface area contributed by atoms with Crippen molar-refractivity contribution in [2.75, 3.05) is 25.4 Å². The Morgan fingerprint density at radius 2 is 2.09 bits per heavy atom. The molecular weight excluding hydrogens is 328 g/mol. The molecule has 0 aromatic heterocycles. The lowest BCUT2D eigenvalue weighted by Gasteiger charge is -2.29. The monoisotopic (exact) mass is 346 g/mol. The molecule has 0 unspecified atom stereocenters. The molecule has 1 aliphatic rings. The fourth-order valence-corrected chi connectivity index (χ4v) is 3.49. The summed E-state index contributed by atoms with van der Waals surface area (Å²) in [5.74, 6) is -0.416. The average Bonchev–Trinajstić information content (AvgIpc) is 2.48. The number of ether oxygens (including phenoxy) is 1. The Morgan fingerprint density at radius 1 is 1.41 bits per heavy atom. The van der Waals surface area contributed by atoms with E-state index in [1.165, 1.54) is 24.3 Å². The molecule has 1 aromatic carbocycles. The molecule has 0 bridgehead atoms. The summed E-state index contributed by atoms with van der Waals surface area (Å²) >= 11 is 5.74. The maximum Gasteiger partial charge on any atom is 0.239 e. The number of halogens is 1. The van der Waals surface area contributed by atoms with Crippen molar-refractivity contribution in [3.05, 3.63) is 29.3 Å². The van der Waals surface area contributed by atoms with E-state index in [1.807, 2.05) is 0 Å². The molecule has 0 saturated carbocycles. The molecule has 2 atom stereocenters. The van der Waals surface area contributed by atoms with Gasteiger partial charge in [0.1, 0.15) is 6.04 Å². The molecular formula is C14H19ClN2O4S. The Labute approximate surface area is 135 Å². The molecule has 8 heteroatoms. The first kappa shape index (κ1) is 17.2. The van der Waals surface area contributed by atoms with Gasteiger partial charge in [-0.1, -0.05) is 11.6 Å². The van der Waals surface area contributed by atoms with E-state index in [0.717, 1.165) is 0 Å². The van der Waals surface area contributed by atoms with Crippen molar-refractivity contribution in [3.8, 4) is 0 Å². The van der Waals surface area contributed by atoms with Crippen LogP contribution in [0.15, 0.2) is 29.2 Å². The molecule has 2 N–H and O–H groups in total. The van der Waals surface area contributed by atoms with E-state index >= 15 is 0 Å². The van der Waals surface area contributed by atoms with Gasteiger partial charge in [-0.15, -0.1) is 0 Å². The zero-order valence-corrected chi connectivity index (χ0v) is 13.8. The van der Waals surface area contributed by atoms with E-state index in [2.05, 4.69) is 10.6 Å². The highest BCUT2D eigenvalue weighted by molar-refractivity contribution is 7.91. The van der Waals surface area contributed by atoms with Crippen molar-refractivity contribution in [2.45, 2.75) is 24.0 Å². The molecule has 1 aliphatic heterocycles. The number of carbonyl (C=O) groups is 1.